The summed E-state index contributed by atoms with van der Waals surface area (Å²) in [6.45, 7) is 5.50. The van der Waals surface area contributed by atoms with Crippen LogP contribution in [0.15, 0.2) is 47.7 Å². The van der Waals surface area contributed by atoms with Crippen LogP contribution in [0.1, 0.15) is 52.5 Å². The molecule has 1 aliphatic carbocycles. The van der Waals surface area contributed by atoms with Gasteiger partial charge in [-0.3, -0.25) is 24.0 Å². The summed E-state index contributed by atoms with van der Waals surface area (Å²) >= 11 is 0. The van der Waals surface area contributed by atoms with Crippen molar-refractivity contribution in [2.24, 2.45) is 7.05 Å². The smallest absolute Gasteiger partial charge is 0.415 e. The lowest BCUT2D eigenvalue weighted by Crippen LogP contribution is -2.34. The van der Waals surface area contributed by atoms with Gasteiger partial charge in [0.1, 0.15) is 23.2 Å². The highest BCUT2D eigenvalue weighted by atomic mass is 16.6. The van der Waals surface area contributed by atoms with Crippen LogP contribution in [0.3, 0.4) is 0 Å². The van der Waals surface area contributed by atoms with E-state index in [1.165, 1.54) is 11.0 Å². The fraction of sp³-hybridized carbons (Fsp3) is 0.444. The lowest BCUT2D eigenvalue weighted by molar-refractivity contribution is 0.0588. The molecule has 1 fully saturated rings. The second kappa shape index (κ2) is 9.96. The molecule has 0 spiro atoms. The van der Waals surface area contributed by atoms with E-state index in [0.29, 0.717) is 11.7 Å². The van der Waals surface area contributed by atoms with E-state index in [1.54, 1.807) is 36.3 Å². The quantitative estimate of drug-likeness (QED) is 0.413. The molecule has 0 atom stereocenters. The SMILES string of the molecule is CN(C(=O)OC(C)(C)C)c1cc2c(cn1)c(-c1cnn(C)c1)nn2[C@H]1CC[C@@H](Oc2cccc(=O)[nH]2)CC1. The standard InChI is InChI=1S/C27H33N7O4/c1-27(2,3)38-26(36)33(5)22-13-21-20(15-28-22)25(17-14-29-32(4)16-17)31-34(21)18-9-11-19(12-10-18)37-24-8-6-7-23(35)30-24/h6-8,13-16,18-19H,9-12H2,1-5H3,(H,30,35)/t18-,19+. The van der Waals surface area contributed by atoms with Gasteiger partial charge >= 0.3 is 6.09 Å². The van der Waals surface area contributed by atoms with Gasteiger partial charge in [0, 0.05) is 49.6 Å². The molecule has 11 nitrogen and oxygen atoms in total. The third kappa shape index (κ3) is 5.41. The molecule has 0 aromatic carbocycles. The van der Waals surface area contributed by atoms with Crippen molar-refractivity contribution in [1.82, 2.24) is 29.5 Å². The van der Waals surface area contributed by atoms with E-state index in [-0.39, 0.29) is 17.7 Å². The first-order chi connectivity index (χ1) is 18.1. The Labute approximate surface area is 220 Å². The summed E-state index contributed by atoms with van der Waals surface area (Å²) in [4.78, 5) is 33.0. The fourth-order valence-electron chi connectivity index (χ4n) is 4.75. The Morgan fingerprint density at radius 3 is 2.58 bits per heavy atom. The summed E-state index contributed by atoms with van der Waals surface area (Å²) in [6.07, 6.45) is 8.37. The summed E-state index contributed by atoms with van der Waals surface area (Å²) in [5.41, 5.74) is 1.80. The number of aryl methyl sites for hydroxylation is 1. The molecule has 1 saturated carbocycles. The first kappa shape index (κ1) is 25.5. The minimum absolute atomic E-state index is 0.0134. The van der Waals surface area contributed by atoms with E-state index in [0.717, 1.165) is 47.8 Å². The van der Waals surface area contributed by atoms with Crippen molar-refractivity contribution in [2.75, 3.05) is 11.9 Å². The molecule has 11 heteroatoms. The van der Waals surface area contributed by atoms with Crippen molar-refractivity contribution < 1.29 is 14.3 Å². The van der Waals surface area contributed by atoms with E-state index >= 15 is 0 Å². The van der Waals surface area contributed by atoms with Gasteiger partial charge in [-0.05, 0) is 52.5 Å². The molecule has 1 N–H and O–H groups in total. The van der Waals surface area contributed by atoms with Crippen molar-refractivity contribution in [3.8, 4) is 17.1 Å². The van der Waals surface area contributed by atoms with Gasteiger partial charge in [-0.15, -0.1) is 0 Å². The van der Waals surface area contributed by atoms with Gasteiger partial charge < -0.3 is 9.47 Å². The zero-order valence-electron chi connectivity index (χ0n) is 22.3. The molecule has 0 unspecified atom stereocenters. The topological polar surface area (TPSA) is 120 Å². The van der Waals surface area contributed by atoms with Gasteiger partial charge in [0.25, 0.3) is 5.56 Å². The summed E-state index contributed by atoms with van der Waals surface area (Å²) < 4.78 is 15.4. The average Bonchev–Trinajstić information content (AvgIpc) is 3.46. The van der Waals surface area contributed by atoms with Crippen LogP contribution in [-0.4, -0.2) is 54.4 Å². The molecule has 4 aromatic rings. The van der Waals surface area contributed by atoms with Gasteiger partial charge in [-0.25, -0.2) is 9.78 Å². The molecule has 4 heterocycles. The van der Waals surface area contributed by atoms with Crippen LogP contribution in [0, 0.1) is 0 Å². The largest absolute Gasteiger partial charge is 0.476 e. The molecule has 38 heavy (non-hydrogen) atoms. The van der Waals surface area contributed by atoms with Crippen LogP contribution in [0.5, 0.6) is 5.88 Å². The minimum Gasteiger partial charge on any atom is -0.476 e. The first-order valence-electron chi connectivity index (χ1n) is 12.8. The van der Waals surface area contributed by atoms with E-state index in [1.807, 2.05) is 44.8 Å². The van der Waals surface area contributed by atoms with Gasteiger partial charge in [0.2, 0.25) is 0 Å². The van der Waals surface area contributed by atoms with Gasteiger partial charge in [0.05, 0.1) is 17.8 Å². The van der Waals surface area contributed by atoms with Crippen LogP contribution in [0.2, 0.25) is 0 Å². The van der Waals surface area contributed by atoms with Crippen molar-refractivity contribution in [1.29, 1.82) is 0 Å². The maximum Gasteiger partial charge on any atom is 0.415 e. The lowest BCUT2D eigenvalue weighted by Gasteiger charge is -2.29. The Morgan fingerprint density at radius 1 is 1.16 bits per heavy atom. The van der Waals surface area contributed by atoms with Gasteiger partial charge in [0.15, 0.2) is 5.88 Å². The number of fused-ring (bicyclic) bond motifs is 1. The number of carbonyl (C=O) groups is 1. The number of nitrogens with zero attached hydrogens (tertiary/aromatic N) is 6. The molecule has 0 radical (unpaired) electrons. The summed E-state index contributed by atoms with van der Waals surface area (Å²) in [5.74, 6) is 0.973. The highest BCUT2D eigenvalue weighted by Gasteiger charge is 2.28. The second-order valence-electron chi connectivity index (χ2n) is 10.7. The van der Waals surface area contributed by atoms with Crippen LogP contribution in [0.25, 0.3) is 22.2 Å². The number of ether oxygens (including phenoxy) is 2. The van der Waals surface area contributed by atoms with Crippen LogP contribution in [-0.2, 0) is 11.8 Å². The van der Waals surface area contributed by atoms with Crippen LogP contribution in [0.4, 0.5) is 10.6 Å². The van der Waals surface area contributed by atoms with Crippen molar-refractivity contribution in [3.63, 3.8) is 0 Å². The Kier molecular flexibility index (Phi) is 6.68. The number of H-pyrrole nitrogens is 1. The third-order valence-electron chi connectivity index (χ3n) is 6.59. The number of rotatable bonds is 5. The first-order valence-corrected chi connectivity index (χ1v) is 12.8. The molecule has 1 amide bonds. The normalized spacial score (nSPS) is 17.9. The molecule has 0 saturated heterocycles. The Bertz CT molecular complexity index is 1510. The highest BCUT2D eigenvalue weighted by Crippen LogP contribution is 2.36. The number of carbonyl (C=O) groups excluding carboxylic acids is 1. The van der Waals surface area contributed by atoms with Crippen molar-refractivity contribution in [2.45, 2.75) is 64.2 Å². The highest BCUT2D eigenvalue weighted by molar-refractivity contribution is 5.95. The molecule has 1 aliphatic rings. The third-order valence-corrected chi connectivity index (χ3v) is 6.59. The number of pyridine rings is 2. The van der Waals surface area contributed by atoms with Crippen molar-refractivity contribution in [3.05, 3.63) is 53.2 Å². The summed E-state index contributed by atoms with van der Waals surface area (Å²) in [6, 6.07) is 6.96. The van der Waals surface area contributed by atoms with Crippen molar-refractivity contribution >= 4 is 22.8 Å². The minimum atomic E-state index is -0.613. The number of aromatic nitrogens is 6. The lowest BCUT2D eigenvalue weighted by atomic mass is 9.93. The molecular formula is C27H33N7O4. The second-order valence-corrected chi connectivity index (χ2v) is 10.7. The average molecular weight is 520 g/mol. The molecule has 200 valence electrons. The Hall–Kier alpha value is -4.15. The van der Waals surface area contributed by atoms with Crippen LogP contribution >= 0.6 is 0 Å². The number of amides is 1. The maximum absolute atomic E-state index is 12.7. The number of anilines is 1. The van der Waals surface area contributed by atoms with E-state index in [2.05, 4.69) is 15.1 Å². The van der Waals surface area contributed by atoms with Gasteiger partial charge in [-0.1, -0.05) is 6.07 Å². The summed E-state index contributed by atoms with van der Waals surface area (Å²) in [7, 11) is 3.53. The maximum atomic E-state index is 12.7. The van der Waals surface area contributed by atoms with E-state index < -0.39 is 11.7 Å². The van der Waals surface area contributed by atoms with E-state index in [4.69, 9.17) is 14.6 Å². The van der Waals surface area contributed by atoms with Gasteiger partial charge in [-0.2, -0.15) is 10.2 Å². The fourth-order valence-corrected chi connectivity index (χ4v) is 4.75. The predicted octanol–water partition coefficient (Wildman–Crippen LogP) is 4.45. The molecule has 0 bridgehead atoms. The Balaban J connectivity index is 1.44. The monoisotopic (exact) mass is 519 g/mol. The predicted molar refractivity (Wildman–Crippen MR) is 143 cm³/mol. The zero-order chi connectivity index (χ0) is 27.0. The molecule has 5 rings (SSSR count). The zero-order valence-corrected chi connectivity index (χ0v) is 22.3. The number of nitrogens with one attached hydrogen (secondary N) is 1. The molecular weight excluding hydrogens is 486 g/mol. The number of aromatic amines is 1. The van der Waals surface area contributed by atoms with E-state index in [9.17, 15) is 9.59 Å². The molecule has 0 aliphatic heterocycles. The van der Waals surface area contributed by atoms with Crippen LogP contribution < -0.4 is 15.2 Å². The Morgan fingerprint density at radius 2 is 1.92 bits per heavy atom. The number of hydrogen-bond donors (Lipinski definition) is 1. The number of hydrogen-bond acceptors (Lipinski definition) is 7. The summed E-state index contributed by atoms with van der Waals surface area (Å²) in [5, 5.41) is 10.2. The molecule has 4 aromatic heterocycles.